The highest BCUT2D eigenvalue weighted by molar-refractivity contribution is 7.89. The van der Waals surface area contributed by atoms with Crippen LogP contribution < -0.4 is 0 Å². The van der Waals surface area contributed by atoms with Gasteiger partial charge in [-0.15, -0.1) is 11.3 Å². The first kappa shape index (κ1) is 22.0. The highest BCUT2D eigenvalue weighted by atomic mass is 32.2. The molecule has 6 aliphatic rings. The molecule has 0 spiro atoms. The molecule has 0 atom stereocenters. The maximum Gasteiger partial charge on any atom is 0.265 e. The molecular formula is C24H33N3O4S2. The fourth-order valence-electron chi connectivity index (χ4n) is 7.69. The molecule has 33 heavy (non-hydrogen) atoms. The molecule has 9 heteroatoms. The van der Waals surface area contributed by atoms with Crippen LogP contribution in [0.5, 0.6) is 0 Å². The van der Waals surface area contributed by atoms with E-state index in [9.17, 15) is 18.0 Å². The molecule has 4 bridgehead atoms. The molecule has 4 aliphatic carbocycles. The topological polar surface area (TPSA) is 78.0 Å². The van der Waals surface area contributed by atoms with Crippen molar-refractivity contribution < 1.29 is 18.0 Å². The third kappa shape index (κ3) is 3.65. The summed E-state index contributed by atoms with van der Waals surface area (Å²) in [6.07, 6.45) is 8.87. The largest absolute Gasteiger partial charge is 0.339 e. The zero-order valence-electron chi connectivity index (χ0n) is 19.1. The van der Waals surface area contributed by atoms with Crippen LogP contribution in [0.1, 0.15) is 61.0 Å². The molecule has 4 saturated carbocycles. The lowest BCUT2D eigenvalue weighted by molar-refractivity contribution is -0.159. The predicted octanol–water partition coefficient (Wildman–Crippen LogP) is 3.03. The van der Waals surface area contributed by atoms with Gasteiger partial charge in [0.1, 0.15) is 9.77 Å². The average Bonchev–Trinajstić information content (AvgIpc) is 3.50. The first-order valence-electron chi connectivity index (χ1n) is 12.5. The van der Waals surface area contributed by atoms with E-state index >= 15 is 0 Å². The van der Waals surface area contributed by atoms with Gasteiger partial charge >= 0.3 is 0 Å². The number of nitrogens with zero attached hydrogens (tertiary/aromatic N) is 3. The summed E-state index contributed by atoms with van der Waals surface area (Å²) < 4.78 is 27.6. The van der Waals surface area contributed by atoms with Crippen molar-refractivity contribution in [2.45, 2.75) is 56.3 Å². The highest BCUT2D eigenvalue weighted by Crippen LogP contribution is 2.60. The number of piperazine rings is 1. The zero-order chi connectivity index (χ0) is 22.8. The Bertz CT molecular complexity index is 1020. The van der Waals surface area contributed by atoms with Crippen molar-refractivity contribution in [3.8, 4) is 0 Å². The smallest absolute Gasteiger partial charge is 0.265 e. The molecule has 7 rings (SSSR count). The van der Waals surface area contributed by atoms with Crippen molar-refractivity contribution in [2.75, 3.05) is 39.3 Å². The van der Waals surface area contributed by atoms with Gasteiger partial charge in [0.05, 0.1) is 5.41 Å². The van der Waals surface area contributed by atoms with E-state index in [1.165, 1.54) is 34.9 Å². The van der Waals surface area contributed by atoms with Crippen molar-refractivity contribution in [1.82, 2.24) is 14.1 Å². The lowest BCUT2D eigenvalue weighted by Gasteiger charge is -2.57. The van der Waals surface area contributed by atoms with Crippen LogP contribution in [0.15, 0.2) is 16.3 Å². The Labute approximate surface area is 200 Å². The number of rotatable bonds is 4. The van der Waals surface area contributed by atoms with Gasteiger partial charge in [-0.25, -0.2) is 8.42 Å². The number of hydrogen-bond acceptors (Lipinski definition) is 5. The predicted molar refractivity (Wildman–Crippen MR) is 125 cm³/mol. The molecule has 2 aliphatic heterocycles. The number of sulfonamides is 1. The van der Waals surface area contributed by atoms with Crippen LogP contribution in [0.4, 0.5) is 0 Å². The minimum atomic E-state index is -3.63. The highest BCUT2D eigenvalue weighted by Gasteiger charge is 2.55. The van der Waals surface area contributed by atoms with E-state index in [1.807, 2.05) is 4.90 Å². The quantitative estimate of drug-likeness (QED) is 0.649. The maximum atomic E-state index is 13.6. The second-order valence-corrected chi connectivity index (χ2v) is 13.8. The molecule has 2 amide bonds. The molecule has 1 aromatic heterocycles. The number of amides is 2. The van der Waals surface area contributed by atoms with Gasteiger partial charge in [-0.05, 0) is 80.6 Å². The third-order valence-electron chi connectivity index (χ3n) is 8.85. The van der Waals surface area contributed by atoms with Crippen molar-refractivity contribution in [3.63, 3.8) is 0 Å². The average molecular weight is 492 g/mol. The van der Waals surface area contributed by atoms with Crippen LogP contribution in [-0.4, -0.2) is 73.6 Å². The minimum Gasteiger partial charge on any atom is -0.339 e. The van der Waals surface area contributed by atoms with Crippen LogP contribution in [0.3, 0.4) is 0 Å². The van der Waals surface area contributed by atoms with E-state index in [2.05, 4.69) is 0 Å². The number of hydrogen-bond donors (Lipinski definition) is 0. The van der Waals surface area contributed by atoms with E-state index in [4.69, 9.17) is 0 Å². The normalized spacial score (nSPS) is 34.2. The lowest BCUT2D eigenvalue weighted by Crippen LogP contribution is -2.58. The van der Waals surface area contributed by atoms with Gasteiger partial charge in [0.15, 0.2) is 0 Å². The molecule has 7 nitrogen and oxygen atoms in total. The summed E-state index contributed by atoms with van der Waals surface area (Å²) in [5.41, 5.74) is -0.147. The van der Waals surface area contributed by atoms with Gasteiger partial charge < -0.3 is 9.80 Å². The summed E-state index contributed by atoms with van der Waals surface area (Å²) in [6, 6.07) is 1.57. The monoisotopic (exact) mass is 491 g/mol. The zero-order valence-corrected chi connectivity index (χ0v) is 20.7. The van der Waals surface area contributed by atoms with E-state index in [0.717, 1.165) is 49.9 Å². The minimum absolute atomic E-state index is 0.145. The molecule has 0 radical (unpaired) electrons. The first-order valence-corrected chi connectivity index (χ1v) is 14.8. The molecule has 0 unspecified atom stereocenters. The van der Waals surface area contributed by atoms with Gasteiger partial charge in [0, 0.05) is 39.3 Å². The van der Waals surface area contributed by atoms with Crippen molar-refractivity contribution >= 4 is 33.2 Å². The Balaban J connectivity index is 1.13. The standard InChI is InChI=1S/C24H33N3O4S2/c28-22(21-20(3-10-32-21)33(30,31)27-4-1-2-5-27)25-6-8-26(9-7-25)23(29)24-14-17-11-18(15-24)13-19(12-17)16-24/h3,10,17-19H,1-2,4-9,11-16H2. The van der Waals surface area contributed by atoms with Crippen molar-refractivity contribution in [3.05, 3.63) is 16.3 Å². The van der Waals surface area contributed by atoms with Crippen LogP contribution in [0.25, 0.3) is 0 Å². The molecule has 2 saturated heterocycles. The second-order valence-electron chi connectivity index (χ2n) is 11.0. The van der Waals surface area contributed by atoms with Crippen LogP contribution in [0, 0.1) is 23.2 Å². The Morgan fingerprint density at radius 1 is 0.848 bits per heavy atom. The Kier molecular flexibility index (Phi) is 5.38. The van der Waals surface area contributed by atoms with E-state index in [-0.39, 0.29) is 16.2 Å². The number of carbonyl (C=O) groups is 2. The molecule has 6 fully saturated rings. The van der Waals surface area contributed by atoms with Gasteiger partial charge in [-0.3, -0.25) is 9.59 Å². The molecule has 1 aromatic rings. The summed E-state index contributed by atoms with van der Waals surface area (Å²) >= 11 is 1.21. The summed E-state index contributed by atoms with van der Waals surface area (Å²) in [5.74, 6) is 2.31. The Hall–Kier alpha value is -1.45. The fraction of sp³-hybridized carbons (Fsp3) is 0.750. The maximum absolute atomic E-state index is 13.6. The molecule has 180 valence electrons. The van der Waals surface area contributed by atoms with E-state index in [0.29, 0.717) is 50.1 Å². The SMILES string of the molecule is O=C(c1sccc1S(=O)(=O)N1CCCC1)N1CCN(C(=O)C23CC4CC(CC(C4)C2)C3)CC1. The van der Waals surface area contributed by atoms with Gasteiger partial charge in [0.25, 0.3) is 5.91 Å². The van der Waals surface area contributed by atoms with Crippen LogP contribution in [-0.2, 0) is 14.8 Å². The molecule has 3 heterocycles. The number of carbonyl (C=O) groups excluding carboxylic acids is 2. The summed E-state index contributed by atoms with van der Waals surface area (Å²) in [6.45, 7) is 3.09. The van der Waals surface area contributed by atoms with Gasteiger partial charge in [0.2, 0.25) is 15.9 Å². The summed E-state index contributed by atoms with van der Waals surface area (Å²) in [5, 5.41) is 1.70. The van der Waals surface area contributed by atoms with Crippen LogP contribution in [0.2, 0.25) is 0 Å². The third-order valence-corrected chi connectivity index (χ3v) is 11.8. The van der Waals surface area contributed by atoms with Gasteiger partial charge in [-0.1, -0.05) is 0 Å². The number of thiophene rings is 1. The molecule has 0 aromatic carbocycles. The molecular weight excluding hydrogens is 458 g/mol. The summed E-state index contributed by atoms with van der Waals surface area (Å²) in [4.78, 5) is 31.1. The first-order chi connectivity index (χ1) is 15.9. The Morgan fingerprint density at radius 2 is 1.39 bits per heavy atom. The van der Waals surface area contributed by atoms with Crippen molar-refractivity contribution in [1.29, 1.82) is 0 Å². The van der Waals surface area contributed by atoms with Crippen LogP contribution >= 0.6 is 11.3 Å². The lowest BCUT2D eigenvalue weighted by atomic mass is 9.49. The molecule has 0 N–H and O–H groups in total. The van der Waals surface area contributed by atoms with E-state index < -0.39 is 10.0 Å². The van der Waals surface area contributed by atoms with Gasteiger partial charge in [-0.2, -0.15) is 4.31 Å². The second kappa shape index (κ2) is 8.05. The fourth-order valence-corrected chi connectivity index (χ4v) is 10.6. The summed E-state index contributed by atoms with van der Waals surface area (Å²) in [7, 11) is -3.63. The van der Waals surface area contributed by atoms with Crippen molar-refractivity contribution in [2.24, 2.45) is 23.2 Å². The Morgan fingerprint density at radius 3 is 1.97 bits per heavy atom. The van der Waals surface area contributed by atoms with E-state index in [1.54, 1.807) is 16.3 Å².